The summed E-state index contributed by atoms with van der Waals surface area (Å²) < 4.78 is 1.51. The number of halogens is 2. The van der Waals surface area contributed by atoms with Gasteiger partial charge < -0.3 is 5.32 Å². The van der Waals surface area contributed by atoms with Gasteiger partial charge in [-0.05, 0) is 75.9 Å². The van der Waals surface area contributed by atoms with Gasteiger partial charge in [-0.3, -0.25) is 14.4 Å². The van der Waals surface area contributed by atoms with Gasteiger partial charge in [-0.1, -0.05) is 30.3 Å². The number of aryl methyl sites for hydroxylation is 1. The zero-order valence-electron chi connectivity index (χ0n) is 14.7. The Labute approximate surface area is 169 Å². The molecule has 0 heterocycles. The van der Waals surface area contributed by atoms with E-state index < -0.39 is 5.41 Å². The monoisotopic (exact) mass is 482 g/mol. The van der Waals surface area contributed by atoms with Gasteiger partial charge in [0.05, 0.1) is 11.1 Å². The SMILES string of the molecule is Cc1cc(Br)c(NC(=O)CONC(=O)C(C)(C)c2ccccc2)c(Br)c1. The molecule has 0 fully saturated rings. The number of anilines is 1. The number of carbonyl (C=O) groups is 2. The Hall–Kier alpha value is -1.70. The van der Waals surface area contributed by atoms with Crippen LogP contribution < -0.4 is 10.8 Å². The first-order valence-corrected chi connectivity index (χ1v) is 9.53. The summed E-state index contributed by atoms with van der Waals surface area (Å²) in [5.41, 5.74) is 4.10. The summed E-state index contributed by atoms with van der Waals surface area (Å²) in [7, 11) is 0. The lowest BCUT2D eigenvalue weighted by Gasteiger charge is -2.23. The lowest BCUT2D eigenvalue weighted by atomic mass is 9.84. The molecular formula is C19H20Br2N2O3. The minimum Gasteiger partial charge on any atom is -0.322 e. The van der Waals surface area contributed by atoms with Crippen molar-refractivity contribution in [3.63, 3.8) is 0 Å². The van der Waals surface area contributed by atoms with Crippen molar-refractivity contribution >= 4 is 49.4 Å². The third-order valence-electron chi connectivity index (χ3n) is 3.88. The second-order valence-corrected chi connectivity index (χ2v) is 8.07. The third kappa shape index (κ3) is 5.16. The van der Waals surface area contributed by atoms with E-state index in [-0.39, 0.29) is 18.4 Å². The maximum absolute atomic E-state index is 12.4. The molecule has 7 heteroatoms. The van der Waals surface area contributed by atoms with E-state index in [9.17, 15) is 9.59 Å². The van der Waals surface area contributed by atoms with Gasteiger partial charge >= 0.3 is 0 Å². The largest absolute Gasteiger partial charge is 0.322 e. The van der Waals surface area contributed by atoms with E-state index in [0.717, 1.165) is 20.1 Å². The van der Waals surface area contributed by atoms with Crippen molar-refractivity contribution < 1.29 is 14.4 Å². The molecule has 0 aromatic heterocycles. The molecule has 0 unspecified atom stereocenters. The van der Waals surface area contributed by atoms with Gasteiger partial charge in [0.1, 0.15) is 0 Å². The van der Waals surface area contributed by atoms with E-state index in [1.54, 1.807) is 13.8 Å². The van der Waals surface area contributed by atoms with Gasteiger partial charge in [-0.25, -0.2) is 5.48 Å². The molecule has 2 aromatic rings. The van der Waals surface area contributed by atoms with Gasteiger partial charge in [0.2, 0.25) is 0 Å². The number of benzene rings is 2. The predicted molar refractivity (Wildman–Crippen MR) is 109 cm³/mol. The van der Waals surface area contributed by atoms with Crippen molar-refractivity contribution in [2.45, 2.75) is 26.2 Å². The number of hydroxylamine groups is 1. The number of nitrogens with one attached hydrogen (secondary N) is 2. The summed E-state index contributed by atoms with van der Waals surface area (Å²) in [5, 5.41) is 2.74. The molecule has 0 aliphatic heterocycles. The average Bonchev–Trinajstić information content (AvgIpc) is 2.58. The van der Waals surface area contributed by atoms with Crippen molar-refractivity contribution in [2.75, 3.05) is 11.9 Å². The molecule has 2 amide bonds. The molecule has 0 bridgehead atoms. The van der Waals surface area contributed by atoms with Crippen LogP contribution in [0.4, 0.5) is 5.69 Å². The van der Waals surface area contributed by atoms with E-state index in [2.05, 4.69) is 42.7 Å². The first-order valence-electron chi connectivity index (χ1n) is 7.95. The van der Waals surface area contributed by atoms with Crippen LogP contribution in [0.1, 0.15) is 25.0 Å². The molecule has 0 saturated carbocycles. The highest BCUT2D eigenvalue weighted by molar-refractivity contribution is 9.11. The van der Waals surface area contributed by atoms with E-state index in [4.69, 9.17) is 4.84 Å². The molecule has 0 aliphatic carbocycles. The lowest BCUT2D eigenvalue weighted by molar-refractivity contribution is -0.141. The summed E-state index contributed by atoms with van der Waals surface area (Å²) in [5.74, 6) is -0.706. The topological polar surface area (TPSA) is 67.4 Å². The Kier molecular flexibility index (Phi) is 6.97. The van der Waals surface area contributed by atoms with E-state index in [1.165, 1.54) is 0 Å². The van der Waals surface area contributed by atoms with Crippen LogP contribution in [0, 0.1) is 6.92 Å². The molecule has 2 aromatic carbocycles. The molecule has 2 rings (SSSR count). The summed E-state index contributed by atoms with van der Waals surface area (Å²) in [6.07, 6.45) is 0. The second kappa shape index (κ2) is 8.79. The quantitative estimate of drug-likeness (QED) is 0.595. The zero-order chi connectivity index (χ0) is 19.3. The minimum absolute atomic E-state index is 0.302. The summed E-state index contributed by atoms with van der Waals surface area (Å²) in [6.45, 7) is 5.24. The molecule has 2 N–H and O–H groups in total. The number of carbonyl (C=O) groups excluding carboxylic acids is 2. The van der Waals surface area contributed by atoms with Crippen LogP contribution in [-0.2, 0) is 19.8 Å². The third-order valence-corrected chi connectivity index (χ3v) is 5.13. The van der Waals surface area contributed by atoms with Gasteiger partial charge in [0, 0.05) is 8.95 Å². The Morgan fingerprint density at radius 2 is 1.65 bits per heavy atom. The van der Waals surface area contributed by atoms with Crippen molar-refractivity contribution in [1.82, 2.24) is 5.48 Å². The summed E-state index contributed by atoms with van der Waals surface area (Å²) >= 11 is 6.83. The van der Waals surface area contributed by atoms with Crippen LogP contribution in [0.5, 0.6) is 0 Å². The Bertz CT molecular complexity index is 785. The highest BCUT2D eigenvalue weighted by Gasteiger charge is 2.29. The van der Waals surface area contributed by atoms with Gasteiger partial charge in [-0.2, -0.15) is 0 Å². The number of hydrogen-bond acceptors (Lipinski definition) is 3. The minimum atomic E-state index is -0.777. The van der Waals surface area contributed by atoms with Crippen molar-refractivity contribution in [3.05, 3.63) is 62.5 Å². The molecule has 0 spiro atoms. The smallest absolute Gasteiger partial charge is 0.253 e. The van der Waals surface area contributed by atoms with Crippen molar-refractivity contribution in [1.29, 1.82) is 0 Å². The predicted octanol–water partition coefficient (Wildman–Crippen LogP) is 4.48. The van der Waals surface area contributed by atoms with Crippen LogP contribution in [0.3, 0.4) is 0 Å². The normalized spacial score (nSPS) is 11.1. The molecule has 26 heavy (non-hydrogen) atoms. The van der Waals surface area contributed by atoms with Crippen LogP contribution in [0.25, 0.3) is 0 Å². The summed E-state index contributed by atoms with van der Waals surface area (Å²) in [6, 6.07) is 13.2. The highest BCUT2D eigenvalue weighted by atomic mass is 79.9. The fraction of sp³-hybridized carbons (Fsp3) is 0.263. The zero-order valence-corrected chi connectivity index (χ0v) is 17.9. The number of amides is 2. The van der Waals surface area contributed by atoms with E-state index >= 15 is 0 Å². The van der Waals surface area contributed by atoms with E-state index in [0.29, 0.717) is 5.69 Å². The Morgan fingerprint density at radius 1 is 1.08 bits per heavy atom. The van der Waals surface area contributed by atoms with Gasteiger partial charge in [0.25, 0.3) is 11.8 Å². The molecule has 0 aliphatic rings. The fourth-order valence-electron chi connectivity index (χ4n) is 2.28. The lowest BCUT2D eigenvalue weighted by Crippen LogP contribution is -2.41. The fourth-order valence-corrected chi connectivity index (χ4v) is 3.89. The molecule has 138 valence electrons. The maximum atomic E-state index is 12.4. The first-order chi connectivity index (χ1) is 12.2. The maximum Gasteiger partial charge on any atom is 0.253 e. The highest BCUT2D eigenvalue weighted by Crippen LogP contribution is 2.32. The molecule has 0 radical (unpaired) electrons. The summed E-state index contributed by atoms with van der Waals surface area (Å²) in [4.78, 5) is 29.5. The first kappa shape index (κ1) is 20.6. The van der Waals surface area contributed by atoms with Crippen LogP contribution >= 0.6 is 31.9 Å². The molecule has 5 nitrogen and oxygen atoms in total. The van der Waals surface area contributed by atoms with Crippen molar-refractivity contribution in [3.8, 4) is 0 Å². The van der Waals surface area contributed by atoms with Gasteiger partial charge in [-0.15, -0.1) is 0 Å². The standard InChI is InChI=1S/C19H20Br2N2O3/c1-12-9-14(20)17(15(21)10-12)22-16(24)11-26-23-18(25)19(2,3)13-7-5-4-6-8-13/h4-10H,11H2,1-3H3,(H,22,24)(H,23,25). The molecule has 0 atom stereocenters. The second-order valence-electron chi connectivity index (χ2n) is 6.36. The average molecular weight is 484 g/mol. The van der Waals surface area contributed by atoms with E-state index in [1.807, 2.05) is 49.4 Å². The van der Waals surface area contributed by atoms with Crippen LogP contribution in [-0.4, -0.2) is 18.4 Å². The molecular weight excluding hydrogens is 464 g/mol. The van der Waals surface area contributed by atoms with Gasteiger partial charge in [0.15, 0.2) is 6.61 Å². The Morgan fingerprint density at radius 3 is 2.23 bits per heavy atom. The Balaban J connectivity index is 1.90. The van der Waals surface area contributed by atoms with Crippen LogP contribution in [0.15, 0.2) is 51.4 Å². The number of rotatable bonds is 6. The van der Waals surface area contributed by atoms with Crippen molar-refractivity contribution in [2.24, 2.45) is 0 Å². The van der Waals surface area contributed by atoms with Crippen LogP contribution in [0.2, 0.25) is 0 Å². The number of hydrogen-bond donors (Lipinski definition) is 2. The molecule has 0 saturated heterocycles.